The minimum atomic E-state index is -1.98. The molecule has 0 aromatic rings. The van der Waals surface area contributed by atoms with Crippen molar-refractivity contribution in [1.82, 2.24) is 5.32 Å². The van der Waals surface area contributed by atoms with Gasteiger partial charge in [0.05, 0.1) is 38.6 Å². The molecule has 19 heteroatoms. The van der Waals surface area contributed by atoms with Crippen molar-refractivity contribution >= 4 is 5.91 Å². The summed E-state index contributed by atoms with van der Waals surface area (Å²) < 4.78 is 34.3. The van der Waals surface area contributed by atoms with Crippen molar-refractivity contribution in [2.75, 3.05) is 26.4 Å². The monoisotopic (exact) mass is 1370 g/mol. The smallest absolute Gasteiger partial charge is 0.220 e. The molecule has 0 radical (unpaired) electrons. The molecule has 0 spiro atoms. The van der Waals surface area contributed by atoms with Crippen molar-refractivity contribution in [1.29, 1.82) is 0 Å². The lowest BCUT2D eigenvalue weighted by molar-refractivity contribution is -0.379. The Morgan fingerprint density at radius 1 is 0.381 bits per heavy atom. The highest BCUT2D eigenvalue weighted by atomic mass is 16.8. The molecule has 0 saturated carbocycles. The SMILES string of the molecule is CC/C=C\C/C=C\C/C=C\C/C=C\C/C=C\C/C=C\C/C=C\C/C=C\CCCCCCCCCCCCCCCCCCC(=O)NC(COC1OC(CO)C(OC2OC(CO)C(OC3OC(CO)C(O)C(O)C3O)C(O)C2O)C(O)C1O)C(O)/C=C/CCCCCCCCCCC. The van der Waals surface area contributed by atoms with Crippen LogP contribution in [0.1, 0.15) is 245 Å². The fourth-order valence-corrected chi connectivity index (χ4v) is 12.0. The highest BCUT2D eigenvalue weighted by Crippen LogP contribution is 2.33. The Balaban J connectivity index is 1.28. The van der Waals surface area contributed by atoms with Crippen molar-refractivity contribution in [3.05, 3.63) is 109 Å². The standard InChI is InChI=1S/C78H133NO18/c1-3-5-7-9-11-13-15-16-17-18-19-20-21-22-23-24-25-26-27-28-29-30-31-32-33-34-35-36-37-38-39-40-41-42-43-44-46-48-50-52-54-56-66(84)79-61(62(83)55-53-51-49-47-45-14-12-10-8-6-4-2)60-92-76-72(90)69(87)74(64(58-81)94-76)97-78-73(91)70(88)75(65(59-82)95-78)96-77-71(89)68(86)67(85)63(57-80)93-77/h5,7,11,13,16-17,19-20,22-23,25-26,28-29,31-32,53,55,61-65,67-78,80-83,85-91H,3-4,6,8-10,12,14-15,18,21,24,27,30,33-52,54,56-60H2,1-2H3,(H,79,84)/b7-5-,13-11-,17-16-,20-19-,23-22-,26-25-,29-28-,32-31-,55-53+. The molecule has 3 fully saturated rings. The van der Waals surface area contributed by atoms with Gasteiger partial charge in [0.1, 0.15) is 73.2 Å². The number of rotatable bonds is 57. The van der Waals surface area contributed by atoms with Gasteiger partial charge < -0.3 is 89.9 Å². The van der Waals surface area contributed by atoms with Gasteiger partial charge in [-0.3, -0.25) is 4.79 Å². The number of aliphatic hydroxyl groups excluding tert-OH is 11. The largest absolute Gasteiger partial charge is 0.394 e. The number of carbonyl (C=O) groups is 1. The van der Waals surface area contributed by atoms with Crippen molar-refractivity contribution in [3.8, 4) is 0 Å². The van der Waals surface area contributed by atoms with Crippen LogP contribution in [0.4, 0.5) is 0 Å². The summed E-state index contributed by atoms with van der Waals surface area (Å²) >= 11 is 0. The molecule has 0 bridgehead atoms. The Morgan fingerprint density at radius 2 is 0.711 bits per heavy atom. The van der Waals surface area contributed by atoms with E-state index in [0.29, 0.717) is 6.42 Å². The van der Waals surface area contributed by atoms with Gasteiger partial charge in [-0.15, -0.1) is 0 Å². The van der Waals surface area contributed by atoms with Crippen molar-refractivity contribution in [2.45, 2.75) is 349 Å². The van der Waals surface area contributed by atoms with Crippen molar-refractivity contribution in [2.24, 2.45) is 0 Å². The molecule has 17 unspecified atom stereocenters. The van der Waals surface area contributed by atoms with Crippen molar-refractivity contribution in [3.63, 3.8) is 0 Å². The molecule has 17 atom stereocenters. The molecule has 3 aliphatic heterocycles. The zero-order valence-corrected chi connectivity index (χ0v) is 59.3. The first-order valence-electron chi connectivity index (χ1n) is 37.6. The molecule has 0 aliphatic carbocycles. The summed E-state index contributed by atoms with van der Waals surface area (Å²) in [7, 11) is 0. The Hall–Kier alpha value is -3.55. The second kappa shape index (κ2) is 58.0. The van der Waals surface area contributed by atoms with E-state index in [2.05, 4.69) is 116 Å². The number of carbonyl (C=O) groups excluding carboxylic acids is 1. The summed E-state index contributed by atoms with van der Waals surface area (Å²) in [5.74, 6) is -0.279. The van der Waals surface area contributed by atoms with E-state index < -0.39 is 124 Å². The maximum Gasteiger partial charge on any atom is 0.220 e. The maximum absolute atomic E-state index is 13.4. The summed E-state index contributed by atoms with van der Waals surface area (Å²) in [6, 6.07) is -0.976. The lowest BCUT2D eigenvalue weighted by atomic mass is 9.96. The normalized spacial score (nSPS) is 27.5. The first kappa shape index (κ1) is 87.7. The second-order valence-electron chi connectivity index (χ2n) is 26.4. The van der Waals surface area contributed by atoms with Crippen LogP contribution in [0.3, 0.4) is 0 Å². The molecule has 0 aromatic heterocycles. The molecule has 3 aliphatic rings. The molecular weight excluding hydrogens is 1240 g/mol. The van der Waals surface area contributed by atoms with E-state index in [1.807, 2.05) is 6.08 Å². The Kier molecular flexibility index (Phi) is 52.4. The average molecular weight is 1370 g/mol. The number of unbranched alkanes of at least 4 members (excludes halogenated alkanes) is 25. The highest BCUT2D eigenvalue weighted by molar-refractivity contribution is 5.76. The lowest BCUT2D eigenvalue weighted by Gasteiger charge is -2.48. The van der Waals surface area contributed by atoms with E-state index >= 15 is 0 Å². The van der Waals surface area contributed by atoms with Gasteiger partial charge in [-0.25, -0.2) is 0 Å². The predicted molar refractivity (Wildman–Crippen MR) is 383 cm³/mol. The molecule has 558 valence electrons. The molecule has 97 heavy (non-hydrogen) atoms. The third-order valence-corrected chi connectivity index (χ3v) is 18.1. The third kappa shape index (κ3) is 38.9. The highest BCUT2D eigenvalue weighted by Gasteiger charge is 2.53. The minimum absolute atomic E-state index is 0.239. The van der Waals surface area contributed by atoms with Crippen LogP contribution in [-0.2, 0) is 33.2 Å². The first-order chi connectivity index (χ1) is 47.3. The quantitative estimate of drug-likeness (QED) is 0.0199. The number of hydrogen-bond acceptors (Lipinski definition) is 18. The lowest BCUT2D eigenvalue weighted by Crippen LogP contribution is -2.66. The van der Waals surface area contributed by atoms with E-state index in [-0.39, 0.29) is 18.9 Å². The minimum Gasteiger partial charge on any atom is -0.394 e. The number of amides is 1. The van der Waals surface area contributed by atoms with Crippen LogP contribution >= 0.6 is 0 Å². The number of nitrogens with one attached hydrogen (secondary N) is 1. The van der Waals surface area contributed by atoms with Crippen LogP contribution in [-0.4, -0.2) is 193 Å². The molecule has 19 nitrogen and oxygen atoms in total. The number of hydrogen-bond donors (Lipinski definition) is 12. The van der Waals surface area contributed by atoms with E-state index in [9.17, 15) is 61.0 Å². The Bertz CT molecular complexity index is 2180. The van der Waals surface area contributed by atoms with E-state index in [1.165, 1.54) is 122 Å². The van der Waals surface area contributed by atoms with Gasteiger partial charge in [0.2, 0.25) is 5.91 Å². The van der Waals surface area contributed by atoms with Crippen LogP contribution in [0.2, 0.25) is 0 Å². The van der Waals surface area contributed by atoms with Gasteiger partial charge in [0, 0.05) is 6.42 Å². The first-order valence-corrected chi connectivity index (χ1v) is 37.6. The zero-order valence-electron chi connectivity index (χ0n) is 59.3. The van der Waals surface area contributed by atoms with Crippen LogP contribution in [0, 0.1) is 0 Å². The van der Waals surface area contributed by atoms with Crippen molar-refractivity contribution < 1.29 is 89.4 Å². The summed E-state index contributed by atoms with van der Waals surface area (Å²) in [4.78, 5) is 13.4. The molecule has 3 rings (SSSR count). The topological polar surface area (TPSA) is 307 Å². The van der Waals surface area contributed by atoms with Gasteiger partial charge in [-0.2, -0.15) is 0 Å². The van der Waals surface area contributed by atoms with Crippen LogP contribution in [0.15, 0.2) is 109 Å². The molecule has 12 N–H and O–H groups in total. The van der Waals surface area contributed by atoms with Crippen LogP contribution < -0.4 is 5.32 Å². The summed E-state index contributed by atoms with van der Waals surface area (Å²) in [5, 5.41) is 120. The summed E-state index contributed by atoms with van der Waals surface area (Å²) in [6.07, 6.45) is 52.4. The summed E-state index contributed by atoms with van der Waals surface area (Å²) in [5.41, 5.74) is 0. The Labute approximate surface area is 583 Å². The van der Waals surface area contributed by atoms with E-state index in [0.717, 1.165) is 96.3 Å². The fourth-order valence-electron chi connectivity index (χ4n) is 12.0. The van der Waals surface area contributed by atoms with Gasteiger partial charge in [0.25, 0.3) is 0 Å². The summed E-state index contributed by atoms with van der Waals surface area (Å²) in [6.45, 7) is 1.59. The van der Waals surface area contributed by atoms with Crippen LogP contribution in [0.5, 0.6) is 0 Å². The Morgan fingerprint density at radius 3 is 1.11 bits per heavy atom. The molecule has 3 heterocycles. The molecule has 0 aromatic carbocycles. The molecular formula is C78H133NO18. The van der Waals surface area contributed by atoms with Gasteiger partial charge in [-0.05, 0) is 83.5 Å². The number of allylic oxidation sites excluding steroid dienone is 17. The number of aliphatic hydroxyl groups is 11. The van der Waals surface area contributed by atoms with E-state index in [4.69, 9.17) is 28.4 Å². The second-order valence-corrected chi connectivity index (χ2v) is 26.4. The zero-order chi connectivity index (χ0) is 70.4. The molecule has 3 saturated heterocycles. The third-order valence-electron chi connectivity index (χ3n) is 18.1. The molecule has 1 amide bonds. The van der Waals surface area contributed by atoms with Gasteiger partial charge in [-0.1, -0.05) is 264 Å². The fraction of sp³-hybridized carbons (Fsp3) is 0.756. The number of ether oxygens (including phenoxy) is 6. The van der Waals surface area contributed by atoms with Gasteiger partial charge >= 0.3 is 0 Å². The average Bonchev–Trinajstić information content (AvgIpc) is 0.790. The predicted octanol–water partition coefficient (Wildman–Crippen LogP) is 11.4. The van der Waals surface area contributed by atoms with E-state index in [1.54, 1.807) is 6.08 Å². The van der Waals surface area contributed by atoms with Crippen LogP contribution in [0.25, 0.3) is 0 Å². The maximum atomic E-state index is 13.4. The van der Waals surface area contributed by atoms with Gasteiger partial charge in [0.15, 0.2) is 18.9 Å².